The van der Waals surface area contributed by atoms with Crippen molar-refractivity contribution in [1.29, 1.82) is 0 Å². The Kier molecular flexibility index (Phi) is 3.94. The molecule has 0 spiro atoms. The van der Waals surface area contributed by atoms with Gasteiger partial charge in [-0.05, 0) is 0 Å². The van der Waals surface area contributed by atoms with E-state index in [0.29, 0.717) is 0 Å². The highest BCUT2D eigenvalue weighted by Crippen LogP contribution is 1.80. The normalized spacial score (nSPS) is 12.8. The molecule has 0 heterocycles. The molecule has 1 atom stereocenters. The Balaban J connectivity index is 3.45. The highest BCUT2D eigenvalue weighted by Gasteiger charge is 2.11. The van der Waals surface area contributed by atoms with Crippen molar-refractivity contribution in [2.75, 3.05) is 13.7 Å². The summed E-state index contributed by atoms with van der Waals surface area (Å²) in [5, 5.41) is 8.70. The van der Waals surface area contributed by atoms with Gasteiger partial charge in [-0.1, -0.05) is 0 Å². The number of carbonyl (C=O) groups is 1. The van der Waals surface area contributed by atoms with Crippen molar-refractivity contribution in [3.05, 3.63) is 0 Å². The van der Waals surface area contributed by atoms with E-state index < -0.39 is 12.0 Å². The minimum Gasteiger partial charge on any atom is -0.381 e. The van der Waals surface area contributed by atoms with E-state index in [0.717, 1.165) is 0 Å². The first-order valence-corrected chi connectivity index (χ1v) is 2.39. The topological polar surface area (TPSA) is 84.6 Å². The van der Waals surface area contributed by atoms with Gasteiger partial charge in [-0.15, -0.1) is 0 Å². The highest BCUT2D eigenvalue weighted by atomic mass is 16.5. The minimum atomic E-state index is -1.17. The second kappa shape index (κ2) is 4.25. The van der Waals surface area contributed by atoms with Crippen LogP contribution >= 0.6 is 0 Å². The van der Waals surface area contributed by atoms with E-state index in [4.69, 9.17) is 5.11 Å². The summed E-state index contributed by atoms with van der Waals surface area (Å²) in [7, 11) is 1.38. The van der Waals surface area contributed by atoms with Gasteiger partial charge in [-0.3, -0.25) is 10.2 Å². The summed E-state index contributed by atoms with van der Waals surface area (Å²) in [6.07, 6.45) is -1.17. The maximum Gasteiger partial charge on any atom is 0.265 e. The average molecular weight is 134 g/mol. The quantitative estimate of drug-likeness (QED) is 0.236. The van der Waals surface area contributed by atoms with Crippen LogP contribution in [0.25, 0.3) is 0 Å². The van der Waals surface area contributed by atoms with Crippen molar-refractivity contribution in [2.45, 2.75) is 6.10 Å². The number of aliphatic hydroxyl groups is 1. The van der Waals surface area contributed by atoms with Crippen LogP contribution < -0.4 is 11.3 Å². The zero-order chi connectivity index (χ0) is 7.28. The molecule has 0 bridgehead atoms. The number of carbonyl (C=O) groups excluding carboxylic acids is 1. The van der Waals surface area contributed by atoms with Crippen molar-refractivity contribution in [3.63, 3.8) is 0 Å². The van der Waals surface area contributed by atoms with Gasteiger partial charge >= 0.3 is 0 Å². The number of hydrogen-bond acceptors (Lipinski definition) is 4. The maximum atomic E-state index is 10.3. The van der Waals surface area contributed by atoms with Crippen LogP contribution in [0.3, 0.4) is 0 Å². The molecule has 0 rings (SSSR count). The third kappa shape index (κ3) is 3.02. The Bertz CT molecular complexity index is 95.8. The third-order valence-electron chi connectivity index (χ3n) is 0.769. The van der Waals surface area contributed by atoms with Crippen LogP contribution in [0.5, 0.6) is 0 Å². The first-order valence-electron chi connectivity index (χ1n) is 2.39. The first kappa shape index (κ1) is 8.35. The standard InChI is InChI=1S/C4H10N2O3/c1-9-2-3(7)4(8)6-5/h3,7H,2,5H2,1H3,(H,6,8). The Morgan fingerprint density at radius 1 is 2.00 bits per heavy atom. The monoisotopic (exact) mass is 134 g/mol. The van der Waals surface area contributed by atoms with Crippen LogP contribution in [0.4, 0.5) is 0 Å². The molecule has 0 aliphatic rings. The number of hydrogen-bond donors (Lipinski definition) is 3. The molecular formula is C4H10N2O3. The van der Waals surface area contributed by atoms with Crippen LogP contribution in [0, 0.1) is 0 Å². The Morgan fingerprint density at radius 2 is 2.56 bits per heavy atom. The smallest absolute Gasteiger partial charge is 0.265 e. The summed E-state index contributed by atoms with van der Waals surface area (Å²) >= 11 is 0. The molecule has 54 valence electrons. The summed E-state index contributed by atoms with van der Waals surface area (Å²) in [5.74, 6) is 4.05. The molecule has 1 amide bonds. The number of methoxy groups -OCH3 is 1. The molecule has 0 aliphatic carbocycles. The summed E-state index contributed by atoms with van der Waals surface area (Å²) in [6, 6.07) is 0. The maximum absolute atomic E-state index is 10.3. The second-order valence-corrected chi connectivity index (χ2v) is 1.48. The van der Waals surface area contributed by atoms with Crippen molar-refractivity contribution >= 4 is 5.91 Å². The molecule has 0 saturated heterocycles. The molecule has 0 aromatic carbocycles. The average Bonchev–Trinajstić information content (AvgIpc) is 1.87. The molecule has 4 N–H and O–H groups in total. The number of nitrogens with two attached hydrogens (primary N) is 1. The summed E-state index contributed by atoms with van der Waals surface area (Å²) in [5.41, 5.74) is 1.78. The van der Waals surface area contributed by atoms with E-state index in [1.807, 2.05) is 0 Å². The van der Waals surface area contributed by atoms with Crippen LogP contribution in [0.1, 0.15) is 0 Å². The SMILES string of the molecule is COCC(O)C(=O)NN. The van der Waals surface area contributed by atoms with Crippen molar-refractivity contribution in [1.82, 2.24) is 5.43 Å². The fourth-order valence-corrected chi connectivity index (χ4v) is 0.330. The van der Waals surface area contributed by atoms with Crippen molar-refractivity contribution < 1.29 is 14.6 Å². The molecule has 0 aromatic heterocycles. The van der Waals surface area contributed by atoms with Crippen molar-refractivity contribution in [3.8, 4) is 0 Å². The lowest BCUT2D eigenvalue weighted by Crippen LogP contribution is -2.41. The van der Waals surface area contributed by atoms with Crippen LogP contribution in [-0.4, -0.2) is 30.8 Å². The summed E-state index contributed by atoms with van der Waals surface area (Å²) in [6.45, 7) is -0.0387. The second-order valence-electron chi connectivity index (χ2n) is 1.48. The van der Waals surface area contributed by atoms with Gasteiger partial charge < -0.3 is 9.84 Å². The molecular weight excluding hydrogens is 124 g/mol. The van der Waals surface area contributed by atoms with Gasteiger partial charge in [-0.2, -0.15) is 0 Å². The number of aliphatic hydroxyl groups excluding tert-OH is 1. The van der Waals surface area contributed by atoms with Crippen LogP contribution in [-0.2, 0) is 9.53 Å². The minimum absolute atomic E-state index is 0.0387. The van der Waals surface area contributed by atoms with Gasteiger partial charge in [0.2, 0.25) is 0 Å². The molecule has 0 fully saturated rings. The third-order valence-corrected chi connectivity index (χ3v) is 0.769. The fourth-order valence-electron chi connectivity index (χ4n) is 0.330. The lowest BCUT2D eigenvalue weighted by molar-refractivity contribution is -0.131. The van der Waals surface area contributed by atoms with E-state index in [9.17, 15) is 4.79 Å². The zero-order valence-corrected chi connectivity index (χ0v) is 5.13. The van der Waals surface area contributed by atoms with Gasteiger partial charge in [0.15, 0.2) is 6.10 Å². The first-order chi connectivity index (χ1) is 4.22. The number of hydrazine groups is 1. The van der Waals surface area contributed by atoms with Gasteiger partial charge in [0.1, 0.15) is 0 Å². The molecule has 5 heteroatoms. The molecule has 5 nitrogen and oxygen atoms in total. The van der Waals surface area contributed by atoms with E-state index in [1.165, 1.54) is 7.11 Å². The highest BCUT2D eigenvalue weighted by molar-refractivity contribution is 5.79. The van der Waals surface area contributed by atoms with E-state index in [1.54, 1.807) is 5.43 Å². The molecule has 0 saturated carbocycles. The molecule has 0 radical (unpaired) electrons. The summed E-state index contributed by atoms with van der Waals surface area (Å²) < 4.78 is 4.46. The lowest BCUT2D eigenvalue weighted by atomic mass is 10.4. The summed E-state index contributed by atoms with van der Waals surface area (Å²) in [4.78, 5) is 10.3. The van der Waals surface area contributed by atoms with E-state index in [-0.39, 0.29) is 6.61 Å². The Labute approximate surface area is 52.8 Å². The van der Waals surface area contributed by atoms with Gasteiger partial charge in [0.05, 0.1) is 6.61 Å². The van der Waals surface area contributed by atoms with Crippen LogP contribution in [0.15, 0.2) is 0 Å². The number of rotatable bonds is 3. The fraction of sp³-hybridized carbons (Fsp3) is 0.750. The lowest BCUT2D eigenvalue weighted by Gasteiger charge is -2.05. The molecule has 0 aliphatic heterocycles. The van der Waals surface area contributed by atoms with E-state index in [2.05, 4.69) is 10.6 Å². The largest absolute Gasteiger partial charge is 0.381 e. The molecule has 1 unspecified atom stereocenters. The molecule has 9 heavy (non-hydrogen) atoms. The van der Waals surface area contributed by atoms with Crippen LogP contribution in [0.2, 0.25) is 0 Å². The zero-order valence-electron chi connectivity index (χ0n) is 5.13. The van der Waals surface area contributed by atoms with Gasteiger partial charge in [0.25, 0.3) is 5.91 Å². The predicted molar refractivity (Wildman–Crippen MR) is 30.2 cm³/mol. The number of nitrogens with one attached hydrogen (secondary N) is 1. The van der Waals surface area contributed by atoms with Gasteiger partial charge in [-0.25, -0.2) is 5.84 Å². The number of amides is 1. The predicted octanol–water partition coefficient (Wildman–Crippen LogP) is -2.02. The Morgan fingerprint density at radius 3 is 2.89 bits per heavy atom. The van der Waals surface area contributed by atoms with Crippen molar-refractivity contribution in [2.24, 2.45) is 5.84 Å². The Hall–Kier alpha value is -0.650. The van der Waals surface area contributed by atoms with E-state index >= 15 is 0 Å². The number of ether oxygens (including phenoxy) is 1. The molecule has 0 aromatic rings. The van der Waals surface area contributed by atoms with Gasteiger partial charge in [0, 0.05) is 7.11 Å².